The summed E-state index contributed by atoms with van der Waals surface area (Å²) in [4.78, 5) is 14.0. The summed E-state index contributed by atoms with van der Waals surface area (Å²) < 4.78 is 13.2. The third-order valence-corrected chi connectivity index (χ3v) is 3.46. The fraction of sp³-hybridized carbons (Fsp3) is 0.400. The van der Waals surface area contributed by atoms with Gasteiger partial charge in [0, 0.05) is 18.7 Å². The molecule has 1 aromatic rings. The molecular weight excluding hydrogens is 245 g/mol. The van der Waals surface area contributed by atoms with Gasteiger partial charge in [0.15, 0.2) is 0 Å². The molecule has 19 heavy (non-hydrogen) atoms. The van der Waals surface area contributed by atoms with Crippen molar-refractivity contribution in [3.05, 3.63) is 35.1 Å². The van der Waals surface area contributed by atoms with E-state index in [9.17, 15) is 9.18 Å². The van der Waals surface area contributed by atoms with Crippen LogP contribution in [0.3, 0.4) is 0 Å². The summed E-state index contributed by atoms with van der Waals surface area (Å²) in [6.45, 7) is -0.317. The summed E-state index contributed by atoms with van der Waals surface area (Å²) >= 11 is 0. The Labute approximate surface area is 112 Å². The quantitative estimate of drug-likeness (QED) is 0.825. The first-order chi connectivity index (χ1) is 9.13. The largest absolute Gasteiger partial charge is 0.384 e. The zero-order valence-electron chi connectivity index (χ0n) is 10.8. The number of carbonyl (C=O) groups is 1. The van der Waals surface area contributed by atoms with Crippen LogP contribution in [0.2, 0.25) is 0 Å². The molecule has 100 valence electrons. The summed E-state index contributed by atoms with van der Waals surface area (Å²) in [5.74, 6) is 4.49. The van der Waals surface area contributed by atoms with Crippen LogP contribution in [0.15, 0.2) is 18.2 Å². The Morgan fingerprint density at radius 1 is 1.53 bits per heavy atom. The fourth-order valence-corrected chi connectivity index (χ4v) is 2.07. The van der Waals surface area contributed by atoms with Gasteiger partial charge in [0.2, 0.25) is 0 Å². The van der Waals surface area contributed by atoms with Crippen molar-refractivity contribution in [1.29, 1.82) is 0 Å². The van der Waals surface area contributed by atoms with Gasteiger partial charge in [0.05, 0.1) is 5.56 Å². The maximum absolute atomic E-state index is 13.2. The average Bonchev–Trinajstić information content (AvgIpc) is 2.33. The molecule has 3 nitrogen and oxygen atoms in total. The molecule has 1 N–H and O–H groups in total. The summed E-state index contributed by atoms with van der Waals surface area (Å²) in [7, 11) is 1.76. The van der Waals surface area contributed by atoms with Crippen molar-refractivity contribution < 1.29 is 14.3 Å². The van der Waals surface area contributed by atoms with E-state index in [2.05, 4.69) is 11.8 Å². The number of hydrogen-bond donors (Lipinski definition) is 1. The highest BCUT2D eigenvalue weighted by molar-refractivity contribution is 5.96. The number of amides is 1. The molecule has 0 bridgehead atoms. The van der Waals surface area contributed by atoms with Gasteiger partial charge in [0.1, 0.15) is 12.4 Å². The fourth-order valence-electron chi connectivity index (χ4n) is 2.07. The minimum Gasteiger partial charge on any atom is -0.384 e. The highest BCUT2D eigenvalue weighted by atomic mass is 19.1. The minimum atomic E-state index is -0.440. The maximum atomic E-state index is 13.2. The molecule has 2 rings (SSSR count). The minimum absolute atomic E-state index is 0.146. The van der Waals surface area contributed by atoms with Crippen LogP contribution < -0.4 is 0 Å². The summed E-state index contributed by atoms with van der Waals surface area (Å²) in [6, 6.07) is 4.21. The molecule has 0 heterocycles. The summed E-state index contributed by atoms with van der Waals surface area (Å²) in [5, 5.41) is 8.71. The van der Waals surface area contributed by atoms with Gasteiger partial charge in [0.25, 0.3) is 5.91 Å². The van der Waals surface area contributed by atoms with E-state index in [1.165, 1.54) is 18.2 Å². The number of benzene rings is 1. The molecule has 1 aliphatic rings. The maximum Gasteiger partial charge on any atom is 0.255 e. The van der Waals surface area contributed by atoms with Crippen molar-refractivity contribution in [2.75, 3.05) is 13.7 Å². The van der Waals surface area contributed by atoms with Gasteiger partial charge in [-0.3, -0.25) is 4.79 Å². The summed E-state index contributed by atoms with van der Waals surface area (Å²) in [5.41, 5.74) is 0.710. The standard InChI is InChI=1S/C15H16FNO2/c1-17(13-5-2-6-13)15(19)14-8-7-12(16)10-11(14)4-3-9-18/h7-8,10,13,18H,2,5-6,9H2,1H3. The molecule has 1 fully saturated rings. The van der Waals surface area contributed by atoms with Gasteiger partial charge in [-0.15, -0.1) is 0 Å². The SMILES string of the molecule is CN(C(=O)c1ccc(F)cc1C#CCO)C1CCC1. The van der Waals surface area contributed by atoms with Crippen molar-refractivity contribution in [2.24, 2.45) is 0 Å². The molecule has 0 atom stereocenters. The van der Waals surface area contributed by atoms with Crippen LogP contribution >= 0.6 is 0 Å². The second-order valence-electron chi connectivity index (χ2n) is 4.65. The van der Waals surface area contributed by atoms with Crippen LogP contribution in [0, 0.1) is 17.7 Å². The second kappa shape index (κ2) is 5.85. The Kier molecular flexibility index (Phi) is 4.18. The van der Waals surface area contributed by atoms with E-state index in [0.717, 1.165) is 19.3 Å². The van der Waals surface area contributed by atoms with E-state index in [4.69, 9.17) is 5.11 Å². The number of aliphatic hydroxyl groups excluding tert-OH is 1. The van der Waals surface area contributed by atoms with Crippen LogP contribution in [-0.2, 0) is 0 Å². The Hall–Kier alpha value is -1.86. The van der Waals surface area contributed by atoms with Crippen molar-refractivity contribution in [3.63, 3.8) is 0 Å². The molecule has 4 heteroatoms. The zero-order chi connectivity index (χ0) is 13.8. The first-order valence-corrected chi connectivity index (χ1v) is 6.30. The molecular formula is C15H16FNO2. The molecule has 1 saturated carbocycles. The van der Waals surface area contributed by atoms with E-state index in [-0.39, 0.29) is 18.6 Å². The number of carbonyl (C=O) groups excluding carboxylic acids is 1. The topological polar surface area (TPSA) is 40.5 Å². The van der Waals surface area contributed by atoms with Gasteiger partial charge in [-0.25, -0.2) is 4.39 Å². The smallest absolute Gasteiger partial charge is 0.255 e. The molecule has 1 amide bonds. The Balaban J connectivity index is 2.29. The van der Waals surface area contributed by atoms with Gasteiger partial charge in [-0.2, -0.15) is 0 Å². The number of halogens is 1. The first-order valence-electron chi connectivity index (χ1n) is 6.30. The van der Waals surface area contributed by atoms with Crippen molar-refractivity contribution in [3.8, 4) is 11.8 Å². The van der Waals surface area contributed by atoms with Crippen LogP contribution in [0.1, 0.15) is 35.2 Å². The van der Waals surface area contributed by atoms with Gasteiger partial charge in [-0.1, -0.05) is 11.8 Å². The van der Waals surface area contributed by atoms with Gasteiger partial charge >= 0.3 is 0 Å². The summed E-state index contributed by atoms with van der Waals surface area (Å²) in [6.07, 6.45) is 3.17. The zero-order valence-corrected chi connectivity index (χ0v) is 10.8. The highest BCUT2D eigenvalue weighted by Gasteiger charge is 2.27. The lowest BCUT2D eigenvalue weighted by atomic mass is 9.91. The number of aliphatic hydroxyl groups is 1. The molecule has 0 radical (unpaired) electrons. The number of hydrogen-bond acceptors (Lipinski definition) is 2. The molecule has 0 saturated heterocycles. The number of nitrogens with zero attached hydrogens (tertiary/aromatic N) is 1. The Bertz CT molecular complexity index is 541. The molecule has 0 aliphatic heterocycles. The Morgan fingerprint density at radius 2 is 2.26 bits per heavy atom. The lowest BCUT2D eigenvalue weighted by molar-refractivity contribution is 0.0651. The molecule has 0 aromatic heterocycles. The highest BCUT2D eigenvalue weighted by Crippen LogP contribution is 2.25. The third-order valence-electron chi connectivity index (χ3n) is 3.46. The van der Waals surface area contributed by atoms with Crippen molar-refractivity contribution in [1.82, 2.24) is 4.90 Å². The van der Waals surface area contributed by atoms with Crippen LogP contribution in [-0.4, -0.2) is 35.6 Å². The molecule has 1 aliphatic carbocycles. The van der Waals surface area contributed by atoms with E-state index in [1.807, 2.05) is 0 Å². The van der Waals surface area contributed by atoms with Gasteiger partial charge < -0.3 is 10.0 Å². The molecule has 1 aromatic carbocycles. The second-order valence-corrected chi connectivity index (χ2v) is 4.65. The van der Waals surface area contributed by atoms with Crippen molar-refractivity contribution in [2.45, 2.75) is 25.3 Å². The Morgan fingerprint density at radius 3 is 2.84 bits per heavy atom. The lowest BCUT2D eigenvalue weighted by Crippen LogP contribution is -2.41. The van der Waals surface area contributed by atoms with Crippen LogP contribution in [0.25, 0.3) is 0 Å². The molecule has 0 unspecified atom stereocenters. The van der Waals surface area contributed by atoms with Crippen molar-refractivity contribution >= 4 is 5.91 Å². The van der Waals surface area contributed by atoms with Gasteiger partial charge in [-0.05, 0) is 37.5 Å². The molecule has 0 spiro atoms. The lowest BCUT2D eigenvalue weighted by Gasteiger charge is -2.34. The van der Waals surface area contributed by atoms with E-state index >= 15 is 0 Å². The number of rotatable bonds is 2. The predicted octanol–water partition coefficient (Wildman–Crippen LogP) is 1.79. The third kappa shape index (κ3) is 2.94. The normalized spacial score (nSPS) is 14.3. The van der Waals surface area contributed by atoms with Crippen LogP contribution in [0.5, 0.6) is 0 Å². The predicted molar refractivity (Wildman–Crippen MR) is 70.1 cm³/mol. The average molecular weight is 261 g/mol. The first kappa shape index (κ1) is 13.6. The van der Waals surface area contributed by atoms with E-state index in [0.29, 0.717) is 11.1 Å². The van der Waals surface area contributed by atoms with E-state index < -0.39 is 5.82 Å². The van der Waals surface area contributed by atoms with Crippen LogP contribution in [0.4, 0.5) is 4.39 Å². The monoisotopic (exact) mass is 261 g/mol. The van der Waals surface area contributed by atoms with E-state index in [1.54, 1.807) is 11.9 Å².